The van der Waals surface area contributed by atoms with Crippen LogP contribution in [0.4, 0.5) is 0 Å². The molecule has 0 spiro atoms. The molecular formula is C9H14O. The Bertz CT molecular complexity index is 154. The van der Waals surface area contributed by atoms with Crippen molar-refractivity contribution >= 4 is 0 Å². The molecule has 1 nitrogen and oxygen atoms in total. The van der Waals surface area contributed by atoms with Crippen LogP contribution in [0.1, 0.15) is 13.8 Å². The van der Waals surface area contributed by atoms with Gasteiger partial charge in [-0.1, -0.05) is 18.7 Å². The average Bonchev–Trinajstić information content (AvgIpc) is 1.79. The Morgan fingerprint density at radius 3 is 2.40 bits per heavy atom. The highest BCUT2D eigenvalue weighted by atomic mass is 16.5. The molecule has 0 N–H and O–H groups in total. The topological polar surface area (TPSA) is 9.23 Å². The Morgan fingerprint density at radius 2 is 2.00 bits per heavy atom. The van der Waals surface area contributed by atoms with Crippen LogP contribution >= 0.6 is 0 Å². The third-order valence-electron chi connectivity index (χ3n) is 0.779. The molecule has 0 fully saturated rings. The van der Waals surface area contributed by atoms with E-state index in [1.165, 1.54) is 0 Å². The number of hydrogen-bond acceptors (Lipinski definition) is 1. The molecule has 0 aliphatic rings. The summed E-state index contributed by atoms with van der Waals surface area (Å²) in [4.78, 5) is 0. The van der Waals surface area contributed by atoms with Crippen molar-refractivity contribution in [1.82, 2.24) is 0 Å². The molecule has 0 radical (unpaired) electrons. The second-order valence-electron chi connectivity index (χ2n) is 2.42. The summed E-state index contributed by atoms with van der Waals surface area (Å²) >= 11 is 0. The van der Waals surface area contributed by atoms with E-state index in [9.17, 15) is 0 Å². The standard InChI is InChI=1S/C9H14O/c1-8(2)5-6-10-7-9(3)4/h5-6H,1,3,7H2,2,4H3. The molecule has 0 heterocycles. The van der Waals surface area contributed by atoms with Crippen molar-refractivity contribution in [3.63, 3.8) is 0 Å². The smallest absolute Gasteiger partial charge is 0.108 e. The molecule has 0 atom stereocenters. The zero-order valence-corrected chi connectivity index (χ0v) is 6.68. The van der Waals surface area contributed by atoms with Crippen LogP contribution in [0.2, 0.25) is 0 Å². The zero-order valence-electron chi connectivity index (χ0n) is 6.68. The van der Waals surface area contributed by atoms with Gasteiger partial charge >= 0.3 is 0 Å². The minimum atomic E-state index is 0.587. The van der Waals surface area contributed by atoms with Crippen LogP contribution in [0.25, 0.3) is 0 Å². The van der Waals surface area contributed by atoms with Crippen LogP contribution in [-0.4, -0.2) is 6.61 Å². The van der Waals surface area contributed by atoms with Gasteiger partial charge < -0.3 is 4.74 Å². The van der Waals surface area contributed by atoms with E-state index in [0.717, 1.165) is 11.1 Å². The molecule has 0 saturated heterocycles. The molecule has 0 aromatic heterocycles. The van der Waals surface area contributed by atoms with Crippen molar-refractivity contribution in [1.29, 1.82) is 0 Å². The van der Waals surface area contributed by atoms with Crippen LogP contribution < -0.4 is 0 Å². The first-order valence-corrected chi connectivity index (χ1v) is 3.21. The maximum absolute atomic E-state index is 5.06. The monoisotopic (exact) mass is 138 g/mol. The predicted molar refractivity (Wildman–Crippen MR) is 44.7 cm³/mol. The van der Waals surface area contributed by atoms with Crippen molar-refractivity contribution in [2.24, 2.45) is 0 Å². The zero-order chi connectivity index (χ0) is 7.98. The van der Waals surface area contributed by atoms with Crippen molar-refractivity contribution in [3.8, 4) is 0 Å². The maximum Gasteiger partial charge on any atom is 0.108 e. The highest BCUT2D eigenvalue weighted by Crippen LogP contribution is 1.92. The summed E-state index contributed by atoms with van der Waals surface area (Å²) in [6.45, 7) is 11.8. The Morgan fingerprint density at radius 1 is 1.40 bits per heavy atom. The van der Waals surface area contributed by atoms with E-state index in [-0.39, 0.29) is 0 Å². The van der Waals surface area contributed by atoms with Crippen LogP contribution in [0, 0.1) is 0 Å². The molecule has 1 heteroatoms. The second-order valence-corrected chi connectivity index (χ2v) is 2.42. The van der Waals surface area contributed by atoms with Gasteiger partial charge in [-0.05, 0) is 25.5 Å². The first-order chi connectivity index (χ1) is 4.63. The van der Waals surface area contributed by atoms with Crippen LogP contribution in [0.3, 0.4) is 0 Å². The minimum Gasteiger partial charge on any atom is -0.497 e. The SMILES string of the molecule is C=C(C)C=COCC(=C)C. The van der Waals surface area contributed by atoms with Gasteiger partial charge in [-0.15, -0.1) is 0 Å². The average molecular weight is 138 g/mol. The van der Waals surface area contributed by atoms with Gasteiger partial charge in [-0.2, -0.15) is 0 Å². The van der Waals surface area contributed by atoms with Crippen LogP contribution in [0.15, 0.2) is 36.6 Å². The molecule has 0 amide bonds. The van der Waals surface area contributed by atoms with Crippen molar-refractivity contribution in [2.75, 3.05) is 6.61 Å². The molecule has 10 heavy (non-hydrogen) atoms. The van der Waals surface area contributed by atoms with Crippen molar-refractivity contribution in [2.45, 2.75) is 13.8 Å². The lowest BCUT2D eigenvalue weighted by molar-refractivity contribution is 0.280. The Balaban J connectivity index is 3.36. The predicted octanol–water partition coefficient (Wildman–Crippen LogP) is 2.67. The van der Waals surface area contributed by atoms with E-state index in [1.807, 2.05) is 19.9 Å². The maximum atomic E-state index is 5.06. The van der Waals surface area contributed by atoms with E-state index in [1.54, 1.807) is 6.26 Å². The molecule has 0 bridgehead atoms. The summed E-state index contributed by atoms with van der Waals surface area (Å²) in [6, 6.07) is 0. The first kappa shape index (κ1) is 9.02. The fourth-order valence-electron chi connectivity index (χ4n) is 0.355. The molecule has 0 rings (SSSR count). The lowest BCUT2D eigenvalue weighted by Gasteiger charge is -1.97. The summed E-state index contributed by atoms with van der Waals surface area (Å²) in [5.41, 5.74) is 2.01. The van der Waals surface area contributed by atoms with Gasteiger partial charge in [-0.25, -0.2) is 0 Å². The number of hydrogen-bond donors (Lipinski definition) is 0. The summed E-state index contributed by atoms with van der Waals surface area (Å²) in [5.74, 6) is 0. The van der Waals surface area contributed by atoms with Gasteiger partial charge in [-0.3, -0.25) is 0 Å². The van der Waals surface area contributed by atoms with E-state index in [0.29, 0.717) is 6.61 Å². The normalized spacial score (nSPS) is 9.80. The van der Waals surface area contributed by atoms with Gasteiger partial charge in [0.1, 0.15) is 6.61 Å². The quantitative estimate of drug-likeness (QED) is 0.329. The highest BCUT2D eigenvalue weighted by Gasteiger charge is 1.80. The van der Waals surface area contributed by atoms with Gasteiger partial charge in [0.05, 0.1) is 6.26 Å². The first-order valence-electron chi connectivity index (χ1n) is 3.21. The fraction of sp³-hybridized carbons (Fsp3) is 0.333. The lowest BCUT2D eigenvalue weighted by atomic mass is 10.3. The van der Waals surface area contributed by atoms with Crippen molar-refractivity contribution < 1.29 is 4.74 Å². The molecule has 0 aromatic carbocycles. The van der Waals surface area contributed by atoms with Gasteiger partial charge in [0.25, 0.3) is 0 Å². The number of ether oxygens (including phenoxy) is 1. The fourth-order valence-corrected chi connectivity index (χ4v) is 0.355. The summed E-state index contributed by atoms with van der Waals surface area (Å²) in [7, 11) is 0. The Hall–Kier alpha value is -0.980. The van der Waals surface area contributed by atoms with Gasteiger partial charge in [0, 0.05) is 0 Å². The van der Waals surface area contributed by atoms with Crippen molar-refractivity contribution in [3.05, 3.63) is 36.6 Å². The summed E-state index contributed by atoms with van der Waals surface area (Å²) in [5, 5.41) is 0. The third kappa shape index (κ3) is 7.02. The third-order valence-corrected chi connectivity index (χ3v) is 0.779. The van der Waals surface area contributed by atoms with Crippen LogP contribution in [-0.2, 0) is 4.74 Å². The number of rotatable bonds is 4. The second kappa shape index (κ2) is 4.86. The van der Waals surface area contributed by atoms with E-state index < -0.39 is 0 Å². The largest absolute Gasteiger partial charge is 0.497 e. The molecule has 0 aromatic rings. The minimum absolute atomic E-state index is 0.587. The van der Waals surface area contributed by atoms with E-state index in [4.69, 9.17) is 4.74 Å². The molecule has 0 saturated carbocycles. The highest BCUT2D eigenvalue weighted by molar-refractivity contribution is 5.08. The summed E-state index contributed by atoms with van der Waals surface area (Å²) < 4.78 is 5.06. The Labute approximate surface area is 62.7 Å². The van der Waals surface area contributed by atoms with Crippen LogP contribution in [0.5, 0.6) is 0 Å². The molecular weight excluding hydrogens is 124 g/mol. The molecule has 0 aliphatic heterocycles. The molecule has 56 valence electrons. The summed E-state index contributed by atoms with van der Waals surface area (Å²) in [6.07, 6.45) is 3.46. The van der Waals surface area contributed by atoms with E-state index in [2.05, 4.69) is 13.2 Å². The van der Waals surface area contributed by atoms with Gasteiger partial charge in [0.2, 0.25) is 0 Å². The lowest BCUT2D eigenvalue weighted by Crippen LogP contribution is -1.85. The van der Waals surface area contributed by atoms with Gasteiger partial charge in [0.15, 0.2) is 0 Å². The number of allylic oxidation sites excluding steroid dienone is 2. The Kier molecular flexibility index (Phi) is 4.38. The van der Waals surface area contributed by atoms with E-state index >= 15 is 0 Å². The molecule has 0 unspecified atom stereocenters. The molecule has 0 aliphatic carbocycles.